The van der Waals surface area contributed by atoms with Gasteiger partial charge in [0.05, 0.1) is 40.8 Å². The molecule has 2 heterocycles. The molecular weight excluding hydrogens is 348 g/mol. The van der Waals surface area contributed by atoms with Gasteiger partial charge < -0.3 is 14.6 Å². The SMILES string of the molecule is COC(=O)C1C2OC(C(Br)C2Br)C1C(=O)O. The average molecular weight is 358 g/mol. The van der Waals surface area contributed by atoms with Gasteiger partial charge in [-0.05, 0) is 0 Å². The van der Waals surface area contributed by atoms with Crippen LogP contribution in [0.4, 0.5) is 0 Å². The van der Waals surface area contributed by atoms with Crippen molar-refractivity contribution in [3.8, 4) is 0 Å². The molecule has 0 amide bonds. The number of ether oxygens (including phenoxy) is 2. The number of hydrogen-bond donors (Lipinski definition) is 1. The number of carbonyl (C=O) groups is 2. The molecule has 0 aromatic rings. The number of rotatable bonds is 2. The van der Waals surface area contributed by atoms with Gasteiger partial charge in [-0.2, -0.15) is 0 Å². The van der Waals surface area contributed by atoms with Crippen LogP contribution < -0.4 is 0 Å². The van der Waals surface area contributed by atoms with Gasteiger partial charge in [-0.15, -0.1) is 0 Å². The van der Waals surface area contributed by atoms with Gasteiger partial charge in [0.1, 0.15) is 0 Å². The van der Waals surface area contributed by atoms with Crippen molar-refractivity contribution >= 4 is 43.8 Å². The van der Waals surface area contributed by atoms with Crippen LogP contribution in [0, 0.1) is 11.8 Å². The van der Waals surface area contributed by atoms with Crippen LogP contribution in [0.5, 0.6) is 0 Å². The lowest BCUT2D eigenvalue weighted by atomic mass is 9.79. The minimum absolute atomic E-state index is 0.0720. The molecule has 2 rings (SSSR count). The smallest absolute Gasteiger partial charge is 0.312 e. The van der Waals surface area contributed by atoms with Gasteiger partial charge in [-0.1, -0.05) is 31.9 Å². The molecule has 0 radical (unpaired) electrons. The molecule has 2 saturated heterocycles. The van der Waals surface area contributed by atoms with E-state index in [9.17, 15) is 9.59 Å². The fourth-order valence-electron chi connectivity index (χ4n) is 2.38. The Morgan fingerprint density at radius 1 is 1.19 bits per heavy atom. The Morgan fingerprint density at radius 2 is 1.69 bits per heavy atom. The van der Waals surface area contributed by atoms with Crippen LogP contribution in [-0.4, -0.2) is 46.0 Å². The third-order valence-electron chi connectivity index (χ3n) is 3.10. The number of fused-ring (bicyclic) bond motifs is 2. The first-order valence-electron chi connectivity index (χ1n) is 4.73. The number of halogens is 2. The molecule has 5 nitrogen and oxygen atoms in total. The monoisotopic (exact) mass is 356 g/mol. The predicted octanol–water partition coefficient (Wildman–Crippen LogP) is 0.784. The van der Waals surface area contributed by atoms with Crippen molar-refractivity contribution in [3.05, 3.63) is 0 Å². The molecule has 2 aliphatic rings. The van der Waals surface area contributed by atoms with Crippen LogP contribution in [0.25, 0.3) is 0 Å². The summed E-state index contributed by atoms with van der Waals surface area (Å²) in [5.74, 6) is -3.11. The van der Waals surface area contributed by atoms with Gasteiger partial charge in [0.25, 0.3) is 0 Å². The van der Waals surface area contributed by atoms with E-state index in [1.165, 1.54) is 7.11 Å². The minimum Gasteiger partial charge on any atom is -0.481 e. The zero-order valence-electron chi connectivity index (χ0n) is 8.30. The molecule has 0 saturated carbocycles. The van der Waals surface area contributed by atoms with Crippen LogP contribution in [-0.2, 0) is 19.1 Å². The fraction of sp³-hybridized carbons (Fsp3) is 0.778. The van der Waals surface area contributed by atoms with Gasteiger partial charge in [0, 0.05) is 0 Å². The second-order valence-electron chi connectivity index (χ2n) is 3.87. The summed E-state index contributed by atoms with van der Waals surface area (Å²) in [5, 5.41) is 9.13. The first-order chi connectivity index (χ1) is 7.49. The Balaban J connectivity index is 2.30. The summed E-state index contributed by atoms with van der Waals surface area (Å²) < 4.78 is 10.2. The maximum Gasteiger partial charge on any atom is 0.312 e. The van der Waals surface area contributed by atoms with Crippen molar-refractivity contribution in [2.24, 2.45) is 11.8 Å². The van der Waals surface area contributed by atoms with Crippen LogP contribution in [0.2, 0.25) is 0 Å². The first-order valence-corrected chi connectivity index (χ1v) is 6.56. The molecule has 7 heteroatoms. The normalized spacial score (nSPS) is 45.7. The van der Waals surface area contributed by atoms with Gasteiger partial charge in [0.15, 0.2) is 0 Å². The van der Waals surface area contributed by atoms with Crippen molar-refractivity contribution in [2.45, 2.75) is 21.9 Å². The number of carboxylic acids is 1. The molecule has 0 spiro atoms. The highest BCUT2D eigenvalue weighted by atomic mass is 79.9. The molecule has 16 heavy (non-hydrogen) atoms. The number of hydrogen-bond acceptors (Lipinski definition) is 4. The van der Waals surface area contributed by atoms with E-state index < -0.39 is 36.0 Å². The van der Waals surface area contributed by atoms with Crippen molar-refractivity contribution < 1.29 is 24.2 Å². The highest BCUT2D eigenvalue weighted by Gasteiger charge is 2.63. The molecule has 2 fully saturated rings. The lowest BCUT2D eigenvalue weighted by Gasteiger charge is -2.28. The molecule has 1 N–H and O–H groups in total. The van der Waals surface area contributed by atoms with E-state index >= 15 is 0 Å². The third kappa shape index (κ3) is 1.60. The van der Waals surface area contributed by atoms with E-state index in [1.807, 2.05) is 0 Å². The van der Waals surface area contributed by atoms with Crippen LogP contribution in [0.1, 0.15) is 0 Å². The second kappa shape index (κ2) is 4.27. The molecule has 2 aliphatic heterocycles. The summed E-state index contributed by atoms with van der Waals surface area (Å²) >= 11 is 6.78. The Hall–Kier alpha value is -0.140. The van der Waals surface area contributed by atoms with Crippen molar-refractivity contribution in [1.29, 1.82) is 0 Å². The van der Waals surface area contributed by atoms with Crippen molar-refractivity contribution in [2.75, 3.05) is 7.11 Å². The van der Waals surface area contributed by atoms with Gasteiger partial charge in [0.2, 0.25) is 0 Å². The number of carboxylic acid groups (broad SMARTS) is 1. The molecule has 0 aromatic heterocycles. The maximum absolute atomic E-state index is 11.6. The quantitative estimate of drug-likeness (QED) is 0.584. The van der Waals surface area contributed by atoms with Crippen LogP contribution in [0.15, 0.2) is 0 Å². The molecule has 6 atom stereocenters. The molecule has 2 bridgehead atoms. The lowest BCUT2D eigenvalue weighted by molar-refractivity contribution is -0.155. The summed E-state index contributed by atoms with van der Waals surface area (Å²) in [5.41, 5.74) is 0. The van der Waals surface area contributed by atoms with E-state index in [0.717, 1.165) is 0 Å². The predicted molar refractivity (Wildman–Crippen MR) is 60.7 cm³/mol. The second-order valence-corrected chi connectivity index (χ2v) is 5.98. The number of aliphatic carboxylic acids is 1. The largest absolute Gasteiger partial charge is 0.481 e. The molecule has 6 unspecified atom stereocenters. The first kappa shape index (κ1) is 12.3. The van der Waals surface area contributed by atoms with Crippen molar-refractivity contribution in [1.82, 2.24) is 0 Å². The van der Waals surface area contributed by atoms with E-state index in [1.54, 1.807) is 0 Å². The molecule has 90 valence electrons. The Kier molecular flexibility index (Phi) is 3.29. The number of carbonyl (C=O) groups excluding carboxylic acids is 1. The fourth-order valence-corrected chi connectivity index (χ4v) is 3.89. The van der Waals surface area contributed by atoms with Crippen LogP contribution >= 0.6 is 31.9 Å². The molecule has 0 aliphatic carbocycles. The molecular formula is C9H10Br2O5. The van der Waals surface area contributed by atoms with Gasteiger partial charge in [-0.25, -0.2) is 0 Å². The third-order valence-corrected chi connectivity index (χ3v) is 5.99. The highest BCUT2D eigenvalue weighted by molar-refractivity contribution is 9.12. The number of alkyl halides is 2. The van der Waals surface area contributed by atoms with Crippen molar-refractivity contribution in [3.63, 3.8) is 0 Å². The number of esters is 1. The summed E-state index contributed by atoms with van der Waals surface area (Å²) in [6, 6.07) is 0. The van der Waals surface area contributed by atoms with Crippen LogP contribution in [0.3, 0.4) is 0 Å². The minimum atomic E-state index is -1.02. The molecule has 0 aromatic carbocycles. The number of methoxy groups -OCH3 is 1. The van der Waals surface area contributed by atoms with Gasteiger partial charge in [-0.3, -0.25) is 9.59 Å². The summed E-state index contributed by atoms with van der Waals surface area (Å²) in [6.45, 7) is 0. The highest BCUT2D eigenvalue weighted by Crippen LogP contribution is 2.49. The average Bonchev–Trinajstić information content (AvgIpc) is 2.76. The maximum atomic E-state index is 11.6. The zero-order chi connectivity index (χ0) is 12.0. The summed E-state index contributed by atoms with van der Waals surface area (Å²) in [6.07, 6.45) is -0.932. The Morgan fingerprint density at radius 3 is 2.12 bits per heavy atom. The van der Waals surface area contributed by atoms with E-state index in [0.29, 0.717) is 0 Å². The summed E-state index contributed by atoms with van der Waals surface area (Å²) in [7, 11) is 1.25. The van der Waals surface area contributed by atoms with E-state index in [-0.39, 0.29) is 9.65 Å². The zero-order valence-corrected chi connectivity index (χ0v) is 11.5. The lowest BCUT2D eigenvalue weighted by Crippen LogP contribution is -2.47. The Labute approximate surface area is 109 Å². The Bertz CT molecular complexity index is 334. The van der Waals surface area contributed by atoms with Gasteiger partial charge >= 0.3 is 11.9 Å². The van der Waals surface area contributed by atoms with E-state index in [4.69, 9.17) is 9.84 Å². The topological polar surface area (TPSA) is 72.8 Å². The standard InChI is InChI=1S/C9H10Br2O5/c1-15-9(14)3-2(8(12)13)6-4(10)5(11)7(3)16-6/h2-7H,1H3,(H,12,13). The summed E-state index contributed by atoms with van der Waals surface area (Å²) in [4.78, 5) is 22.6. The van der Waals surface area contributed by atoms with E-state index in [2.05, 4.69) is 36.6 Å².